The third kappa shape index (κ3) is 1.36. The average Bonchev–Trinajstić information content (AvgIpc) is 2.96. The molecule has 2 aliphatic rings. The number of hydrogen-bond acceptors (Lipinski definition) is 2. The van der Waals surface area contributed by atoms with Crippen LogP contribution in [0.1, 0.15) is 30.9 Å². The molecule has 1 unspecified atom stereocenters. The molecule has 1 aliphatic heterocycles. The third-order valence-electron chi connectivity index (χ3n) is 3.46. The smallest absolute Gasteiger partial charge is 0.137 e. The minimum Gasteiger partial charge on any atom is -0.489 e. The number of halogens is 1. The number of benzene rings is 1. The molecule has 0 N–H and O–H groups in total. The van der Waals surface area contributed by atoms with E-state index in [9.17, 15) is 5.26 Å². The van der Waals surface area contributed by atoms with Crippen LogP contribution in [-0.4, -0.2) is 6.10 Å². The fourth-order valence-corrected chi connectivity index (χ4v) is 2.95. The number of nitrogens with zero attached hydrogens (tertiary/aromatic N) is 1. The molecule has 3 rings (SSSR count). The van der Waals surface area contributed by atoms with Gasteiger partial charge in [-0.25, -0.2) is 0 Å². The van der Waals surface area contributed by atoms with E-state index in [1.54, 1.807) is 0 Å². The molecule has 1 saturated carbocycles. The Morgan fingerprint density at radius 1 is 1.50 bits per heavy atom. The van der Waals surface area contributed by atoms with Gasteiger partial charge in [0.2, 0.25) is 0 Å². The molecule has 1 fully saturated rings. The quantitative estimate of drug-likeness (QED) is 0.789. The predicted octanol–water partition coefficient (Wildman–Crippen LogP) is 3.33. The molecular formula is C13H12BrNO. The van der Waals surface area contributed by atoms with Crippen LogP contribution in [0.2, 0.25) is 0 Å². The second kappa shape index (κ2) is 3.24. The summed E-state index contributed by atoms with van der Waals surface area (Å²) in [5.74, 6) is 0.963. The minimum atomic E-state index is -0.205. The topological polar surface area (TPSA) is 33.0 Å². The number of ether oxygens (including phenoxy) is 1. The molecule has 1 heterocycles. The molecule has 1 aromatic rings. The molecule has 0 amide bonds. The van der Waals surface area contributed by atoms with Crippen LogP contribution in [-0.2, 0) is 11.8 Å². The van der Waals surface area contributed by atoms with Crippen LogP contribution in [0.5, 0.6) is 5.75 Å². The molecule has 82 valence electrons. The first kappa shape index (κ1) is 10.2. The molecule has 0 spiro atoms. The molecular weight excluding hydrogens is 266 g/mol. The Balaban J connectivity index is 2.09. The van der Waals surface area contributed by atoms with Crippen LogP contribution in [0.15, 0.2) is 16.6 Å². The normalized spacial score (nSPS) is 24.4. The van der Waals surface area contributed by atoms with E-state index in [4.69, 9.17) is 4.74 Å². The van der Waals surface area contributed by atoms with E-state index >= 15 is 0 Å². The van der Waals surface area contributed by atoms with E-state index in [0.717, 1.165) is 35.0 Å². The first-order valence-corrected chi connectivity index (χ1v) is 6.35. The lowest BCUT2D eigenvalue weighted by Gasteiger charge is -2.10. The van der Waals surface area contributed by atoms with Crippen molar-refractivity contribution < 1.29 is 4.74 Å². The maximum atomic E-state index is 9.20. The highest BCUT2D eigenvalue weighted by Crippen LogP contribution is 2.50. The van der Waals surface area contributed by atoms with Crippen molar-refractivity contribution in [2.75, 3.05) is 0 Å². The van der Waals surface area contributed by atoms with Crippen LogP contribution in [0.25, 0.3) is 0 Å². The summed E-state index contributed by atoms with van der Waals surface area (Å²) in [6, 6.07) is 6.64. The zero-order valence-electron chi connectivity index (χ0n) is 9.09. The summed E-state index contributed by atoms with van der Waals surface area (Å²) in [7, 11) is 0. The van der Waals surface area contributed by atoms with E-state index in [-0.39, 0.29) is 11.5 Å². The van der Waals surface area contributed by atoms with Gasteiger partial charge < -0.3 is 4.74 Å². The zero-order chi connectivity index (χ0) is 11.3. The Labute approximate surface area is 103 Å². The Morgan fingerprint density at radius 2 is 2.25 bits per heavy atom. The van der Waals surface area contributed by atoms with Crippen molar-refractivity contribution in [1.82, 2.24) is 0 Å². The lowest BCUT2D eigenvalue weighted by Crippen LogP contribution is -2.05. The van der Waals surface area contributed by atoms with Crippen molar-refractivity contribution in [3.8, 4) is 11.8 Å². The third-order valence-corrected chi connectivity index (χ3v) is 4.05. The summed E-state index contributed by atoms with van der Waals surface area (Å²) in [4.78, 5) is 0. The molecule has 0 aromatic heterocycles. The predicted molar refractivity (Wildman–Crippen MR) is 64.5 cm³/mol. The van der Waals surface area contributed by atoms with Crippen molar-refractivity contribution >= 4 is 15.9 Å². The molecule has 3 heteroatoms. The average molecular weight is 278 g/mol. The Hall–Kier alpha value is -1.01. The minimum absolute atomic E-state index is 0.205. The van der Waals surface area contributed by atoms with Gasteiger partial charge in [-0.3, -0.25) is 0 Å². The lowest BCUT2D eigenvalue weighted by atomic mass is 9.95. The first-order chi connectivity index (χ1) is 7.64. The van der Waals surface area contributed by atoms with Gasteiger partial charge in [-0.2, -0.15) is 5.26 Å². The molecule has 1 aromatic carbocycles. The van der Waals surface area contributed by atoms with Gasteiger partial charge in [0.15, 0.2) is 0 Å². The fourth-order valence-electron chi connectivity index (χ4n) is 2.35. The van der Waals surface area contributed by atoms with Crippen LogP contribution in [0, 0.1) is 11.3 Å². The molecule has 0 radical (unpaired) electrons. The highest BCUT2D eigenvalue weighted by molar-refractivity contribution is 9.10. The zero-order valence-corrected chi connectivity index (χ0v) is 10.7. The van der Waals surface area contributed by atoms with Gasteiger partial charge in [-0.05, 0) is 52.9 Å². The number of hydrogen-bond donors (Lipinski definition) is 0. The second-order valence-corrected chi connectivity index (χ2v) is 5.63. The Kier molecular flexibility index (Phi) is 2.06. The summed E-state index contributed by atoms with van der Waals surface area (Å²) in [5.41, 5.74) is 2.18. The highest BCUT2D eigenvalue weighted by atomic mass is 79.9. The van der Waals surface area contributed by atoms with E-state index < -0.39 is 0 Å². The summed E-state index contributed by atoms with van der Waals surface area (Å²) < 4.78 is 6.72. The maximum Gasteiger partial charge on any atom is 0.137 e. The van der Waals surface area contributed by atoms with Crippen molar-refractivity contribution in [2.45, 2.75) is 37.7 Å². The SMILES string of the molecule is CC1Cc2cc(C3(C#N)CC3)cc(Br)c2O1. The van der Waals surface area contributed by atoms with Gasteiger partial charge in [-0.1, -0.05) is 6.07 Å². The molecule has 0 bridgehead atoms. The van der Waals surface area contributed by atoms with Crippen molar-refractivity contribution in [2.24, 2.45) is 0 Å². The van der Waals surface area contributed by atoms with Crippen LogP contribution in [0.3, 0.4) is 0 Å². The fraction of sp³-hybridized carbons (Fsp3) is 0.462. The Bertz CT molecular complexity index is 499. The summed E-state index contributed by atoms with van der Waals surface area (Å²) in [6.07, 6.45) is 3.18. The molecule has 2 nitrogen and oxygen atoms in total. The number of nitriles is 1. The van der Waals surface area contributed by atoms with E-state index in [2.05, 4.69) is 35.0 Å². The van der Waals surface area contributed by atoms with Gasteiger partial charge in [-0.15, -0.1) is 0 Å². The monoisotopic (exact) mass is 277 g/mol. The van der Waals surface area contributed by atoms with Crippen LogP contribution < -0.4 is 4.74 Å². The summed E-state index contributed by atoms with van der Waals surface area (Å²) in [6.45, 7) is 2.07. The largest absolute Gasteiger partial charge is 0.489 e. The van der Waals surface area contributed by atoms with Crippen LogP contribution in [0.4, 0.5) is 0 Å². The maximum absolute atomic E-state index is 9.20. The lowest BCUT2D eigenvalue weighted by molar-refractivity contribution is 0.253. The van der Waals surface area contributed by atoms with Gasteiger partial charge in [0.05, 0.1) is 16.0 Å². The van der Waals surface area contributed by atoms with Gasteiger partial charge in [0.1, 0.15) is 11.9 Å². The number of rotatable bonds is 1. The van der Waals surface area contributed by atoms with Crippen molar-refractivity contribution in [1.29, 1.82) is 5.26 Å². The van der Waals surface area contributed by atoms with E-state index in [1.165, 1.54) is 5.56 Å². The Morgan fingerprint density at radius 3 is 2.88 bits per heavy atom. The van der Waals surface area contributed by atoms with Crippen LogP contribution >= 0.6 is 15.9 Å². The van der Waals surface area contributed by atoms with Gasteiger partial charge in [0.25, 0.3) is 0 Å². The number of fused-ring (bicyclic) bond motifs is 1. The molecule has 16 heavy (non-hydrogen) atoms. The summed E-state index contributed by atoms with van der Waals surface area (Å²) in [5, 5.41) is 9.20. The molecule has 1 aliphatic carbocycles. The highest BCUT2D eigenvalue weighted by Gasteiger charge is 2.45. The van der Waals surface area contributed by atoms with E-state index in [0.29, 0.717) is 0 Å². The first-order valence-electron chi connectivity index (χ1n) is 5.55. The van der Waals surface area contributed by atoms with E-state index in [1.807, 2.05) is 6.07 Å². The van der Waals surface area contributed by atoms with Gasteiger partial charge >= 0.3 is 0 Å². The molecule has 0 saturated heterocycles. The molecule has 1 atom stereocenters. The van der Waals surface area contributed by atoms with Gasteiger partial charge in [0, 0.05) is 6.42 Å². The van der Waals surface area contributed by atoms with Crippen molar-refractivity contribution in [3.05, 3.63) is 27.7 Å². The van der Waals surface area contributed by atoms with Crippen molar-refractivity contribution in [3.63, 3.8) is 0 Å². The second-order valence-electron chi connectivity index (χ2n) is 4.77. The summed E-state index contributed by atoms with van der Waals surface area (Å²) >= 11 is 3.54. The standard InChI is InChI=1S/C13H12BrNO/c1-8-4-9-5-10(13(7-15)2-3-13)6-11(14)12(9)16-8/h5-6,8H,2-4H2,1H3.